The van der Waals surface area contributed by atoms with Gasteiger partial charge in [-0.05, 0) is 32.1 Å². The number of rotatable bonds is 5. The van der Waals surface area contributed by atoms with E-state index < -0.39 is 0 Å². The molecule has 3 nitrogen and oxygen atoms in total. The molecule has 2 fully saturated rings. The fourth-order valence-corrected chi connectivity index (χ4v) is 5.58. The molecule has 4 atom stereocenters. The Kier molecular flexibility index (Phi) is 6.12. The van der Waals surface area contributed by atoms with Crippen LogP contribution in [0.25, 0.3) is 0 Å². The van der Waals surface area contributed by atoms with Gasteiger partial charge in [0.15, 0.2) is 18.9 Å². The van der Waals surface area contributed by atoms with Crippen molar-refractivity contribution in [1.82, 2.24) is 0 Å². The Morgan fingerprint density at radius 3 is 2.73 bits per heavy atom. The molecule has 4 rings (SSSR count). The zero-order valence-electron chi connectivity index (χ0n) is 15.6. The topological polar surface area (TPSA) is 21.5 Å². The van der Waals surface area contributed by atoms with E-state index in [2.05, 4.69) is 57.1 Å². The molecule has 4 heteroatoms. The van der Waals surface area contributed by atoms with E-state index in [1.807, 2.05) is 0 Å². The second kappa shape index (κ2) is 8.53. The zero-order valence-corrected chi connectivity index (χ0v) is 17.2. The number of halogens is 1. The van der Waals surface area contributed by atoms with E-state index in [4.69, 9.17) is 9.47 Å². The highest BCUT2D eigenvalue weighted by Gasteiger charge is 2.52. The highest BCUT2D eigenvalue weighted by molar-refractivity contribution is 9.09. The Balaban J connectivity index is 1.53. The van der Waals surface area contributed by atoms with E-state index in [0.717, 1.165) is 24.9 Å². The third-order valence-electron chi connectivity index (χ3n) is 6.35. The van der Waals surface area contributed by atoms with Gasteiger partial charge in [0.05, 0.1) is 16.8 Å². The van der Waals surface area contributed by atoms with Crippen molar-refractivity contribution in [2.75, 3.05) is 11.9 Å². The van der Waals surface area contributed by atoms with Crippen LogP contribution < -0.4 is 0 Å². The van der Waals surface area contributed by atoms with Crippen LogP contribution in [0.5, 0.6) is 0 Å². The van der Waals surface area contributed by atoms with E-state index in [1.165, 1.54) is 50.5 Å². The van der Waals surface area contributed by atoms with Gasteiger partial charge in [0.2, 0.25) is 0 Å². The van der Waals surface area contributed by atoms with Gasteiger partial charge in [-0.2, -0.15) is 0 Å². The predicted molar refractivity (Wildman–Crippen MR) is 108 cm³/mol. The smallest absolute Gasteiger partial charge is 0.168 e. The second-order valence-corrected chi connectivity index (χ2v) is 8.85. The third kappa shape index (κ3) is 4.07. The lowest BCUT2D eigenvalue weighted by molar-refractivity contribution is -0.564. The Bertz CT molecular complexity index is 614. The van der Waals surface area contributed by atoms with E-state index in [0.29, 0.717) is 12.1 Å². The molecule has 1 aliphatic carbocycles. The van der Waals surface area contributed by atoms with Crippen molar-refractivity contribution >= 4 is 22.1 Å². The summed E-state index contributed by atoms with van der Waals surface area (Å²) in [6.07, 6.45) is 12.5. The molecule has 1 spiro atoms. The first-order valence-electron chi connectivity index (χ1n) is 10.3. The van der Waals surface area contributed by atoms with E-state index in [1.54, 1.807) is 0 Å². The molecular formula is C22H31BrNO2+. The maximum atomic E-state index is 6.57. The lowest BCUT2D eigenvalue weighted by atomic mass is 9.70. The Hall–Kier alpha value is -0.710. The lowest BCUT2D eigenvalue weighted by Crippen LogP contribution is -2.43. The fourth-order valence-electron chi connectivity index (χ4n) is 4.98. The minimum atomic E-state index is 0.0164. The molecule has 2 unspecified atom stereocenters. The molecule has 2 aliphatic heterocycles. The van der Waals surface area contributed by atoms with Crippen LogP contribution in [0.3, 0.4) is 0 Å². The van der Waals surface area contributed by atoms with Gasteiger partial charge >= 0.3 is 0 Å². The van der Waals surface area contributed by atoms with Gasteiger partial charge < -0.3 is 9.47 Å². The number of nitrogens with zero attached hydrogens (tertiary/aromatic N) is 1. The van der Waals surface area contributed by atoms with Gasteiger partial charge in [-0.3, -0.25) is 0 Å². The molecule has 0 aromatic heterocycles. The van der Waals surface area contributed by atoms with Crippen LogP contribution in [0.4, 0.5) is 0 Å². The highest BCUT2D eigenvalue weighted by atomic mass is 79.9. The Labute approximate surface area is 165 Å². The molecule has 2 heterocycles. The summed E-state index contributed by atoms with van der Waals surface area (Å²) in [5.74, 6) is 0. The molecule has 142 valence electrons. The largest absolute Gasteiger partial charge is 0.353 e. The summed E-state index contributed by atoms with van der Waals surface area (Å²) in [6, 6.07) is 11.4. The molecule has 0 amide bonds. The van der Waals surface area contributed by atoms with E-state index >= 15 is 0 Å². The lowest BCUT2D eigenvalue weighted by Gasteiger charge is -2.39. The van der Waals surface area contributed by atoms with Crippen LogP contribution in [0.2, 0.25) is 0 Å². The van der Waals surface area contributed by atoms with Gasteiger partial charge in [-0.1, -0.05) is 59.1 Å². The van der Waals surface area contributed by atoms with Gasteiger partial charge in [-0.15, -0.1) is 0 Å². The minimum Gasteiger partial charge on any atom is -0.353 e. The van der Waals surface area contributed by atoms with Crippen molar-refractivity contribution in [3.05, 3.63) is 35.9 Å². The van der Waals surface area contributed by atoms with Gasteiger partial charge in [0.1, 0.15) is 6.21 Å². The molecule has 1 aromatic carbocycles. The predicted octanol–water partition coefficient (Wildman–Crippen LogP) is 4.91. The molecule has 1 aromatic rings. The maximum absolute atomic E-state index is 6.57. The SMILES string of the molecule is BrCC1C[C@@]2(C=[N+]1Cc1ccccc1)CCCC[C@@H]2OC1CCCCO1. The number of benzene rings is 1. The molecular weight excluding hydrogens is 390 g/mol. The number of ether oxygens (including phenoxy) is 2. The van der Waals surface area contributed by atoms with Crippen molar-refractivity contribution in [2.45, 2.75) is 76.3 Å². The van der Waals surface area contributed by atoms with Crippen LogP contribution in [-0.2, 0) is 16.0 Å². The van der Waals surface area contributed by atoms with Gasteiger partial charge in [0, 0.05) is 18.6 Å². The molecule has 0 bridgehead atoms. The van der Waals surface area contributed by atoms with Gasteiger partial charge in [-0.25, -0.2) is 4.58 Å². The number of hydrogen-bond acceptors (Lipinski definition) is 2. The second-order valence-electron chi connectivity index (χ2n) is 8.20. The average molecular weight is 421 g/mol. The summed E-state index contributed by atoms with van der Waals surface area (Å²) in [4.78, 5) is 0. The van der Waals surface area contributed by atoms with Crippen LogP contribution in [-0.4, -0.2) is 41.2 Å². The first kappa shape index (κ1) is 18.6. The summed E-state index contributed by atoms with van der Waals surface area (Å²) in [6.45, 7) is 1.85. The van der Waals surface area contributed by atoms with Crippen molar-refractivity contribution in [3.63, 3.8) is 0 Å². The van der Waals surface area contributed by atoms with Crippen molar-refractivity contribution in [1.29, 1.82) is 0 Å². The molecule has 26 heavy (non-hydrogen) atoms. The summed E-state index contributed by atoms with van der Waals surface area (Å²) < 4.78 is 15.0. The normalized spacial score (nSPS) is 34.8. The summed E-state index contributed by atoms with van der Waals surface area (Å²) >= 11 is 3.77. The minimum absolute atomic E-state index is 0.0164. The van der Waals surface area contributed by atoms with Crippen molar-refractivity contribution in [3.8, 4) is 0 Å². The summed E-state index contributed by atoms with van der Waals surface area (Å²) in [7, 11) is 0. The quantitative estimate of drug-likeness (QED) is 0.498. The zero-order chi connectivity index (χ0) is 17.8. The van der Waals surface area contributed by atoms with Crippen molar-refractivity contribution in [2.24, 2.45) is 5.41 Å². The summed E-state index contributed by atoms with van der Waals surface area (Å²) in [5, 5.41) is 1.02. The van der Waals surface area contributed by atoms with Crippen molar-refractivity contribution < 1.29 is 14.0 Å². The first-order valence-corrected chi connectivity index (χ1v) is 11.4. The third-order valence-corrected chi connectivity index (χ3v) is 7.09. The number of alkyl halides is 1. The van der Waals surface area contributed by atoms with Crippen LogP contribution in [0, 0.1) is 5.41 Å². The maximum Gasteiger partial charge on any atom is 0.168 e. The highest BCUT2D eigenvalue weighted by Crippen LogP contribution is 2.45. The van der Waals surface area contributed by atoms with Crippen LogP contribution in [0.15, 0.2) is 30.3 Å². The van der Waals surface area contributed by atoms with E-state index in [9.17, 15) is 0 Å². The Morgan fingerprint density at radius 2 is 1.96 bits per heavy atom. The Morgan fingerprint density at radius 1 is 1.12 bits per heavy atom. The molecule has 1 saturated heterocycles. The van der Waals surface area contributed by atoms with Crippen LogP contribution >= 0.6 is 15.9 Å². The molecule has 0 radical (unpaired) electrons. The first-order chi connectivity index (χ1) is 12.8. The standard InChI is InChI=1S/C22H31BrNO2/c23-15-19-14-22(17-24(19)16-18-8-2-1-3-9-18)12-6-4-10-20(22)26-21-11-5-7-13-25-21/h1-3,8-9,17,19-21H,4-7,10-16H2/q+1/t19?,20-,21?,22+/m0/s1. The summed E-state index contributed by atoms with van der Waals surface area (Å²) in [5.41, 5.74) is 1.57. The molecule has 1 saturated carbocycles. The van der Waals surface area contributed by atoms with E-state index in [-0.39, 0.29) is 11.7 Å². The monoisotopic (exact) mass is 420 g/mol. The average Bonchev–Trinajstić information content (AvgIpc) is 3.03. The van der Waals surface area contributed by atoms with Gasteiger partial charge in [0.25, 0.3) is 0 Å². The van der Waals surface area contributed by atoms with Crippen LogP contribution in [0.1, 0.15) is 56.9 Å². The number of hydrogen-bond donors (Lipinski definition) is 0. The molecule has 3 aliphatic rings. The fraction of sp³-hybridized carbons (Fsp3) is 0.682. The molecule has 0 N–H and O–H groups in total.